The van der Waals surface area contributed by atoms with E-state index in [0.717, 1.165) is 0 Å². The van der Waals surface area contributed by atoms with Gasteiger partial charge in [0.2, 0.25) is 0 Å². The largest absolute Gasteiger partial charge is 0.380 e. The highest BCUT2D eigenvalue weighted by Gasteiger charge is 2.08. The zero-order chi connectivity index (χ0) is 11.3. The van der Waals surface area contributed by atoms with Crippen LogP contribution < -0.4 is 4.90 Å². The fourth-order valence-electron chi connectivity index (χ4n) is 1.14. The van der Waals surface area contributed by atoms with Crippen LogP contribution in [0.15, 0.2) is 16.7 Å². The van der Waals surface area contributed by atoms with E-state index in [1.807, 2.05) is 6.92 Å². The van der Waals surface area contributed by atoms with Gasteiger partial charge in [-0.05, 0) is 28.9 Å². The van der Waals surface area contributed by atoms with Gasteiger partial charge in [0.25, 0.3) is 0 Å². The lowest BCUT2D eigenvalue weighted by Crippen LogP contribution is -2.24. The molecule has 1 heterocycles. The maximum atomic E-state index is 13.4. The molecule has 0 spiro atoms. The van der Waals surface area contributed by atoms with E-state index in [2.05, 4.69) is 20.9 Å². The van der Waals surface area contributed by atoms with Crippen LogP contribution in [0.1, 0.15) is 6.92 Å². The van der Waals surface area contributed by atoms with Gasteiger partial charge in [-0.1, -0.05) is 0 Å². The third-order valence-electron chi connectivity index (χ3n) is 1.93. The molecule has 0 radical (unpaired) electrons. The summed E-state index contributed by atoms with van der Waals surface area (Å²) in [7, 11) is 1.79. The fourth-order valence-corrected chi connectivity index (χ4v) is 1.44. The molecular weight excluding hydrogens is 263 g/mol. The van der Waals surface area contributed by atoms with Gasteiger partial charge in [0.15, 0.2) is 11.6 Å². The van der Waals surface area contributed by atoms with Crippen molar-refractivity contribution in [3.8, 4) is 0 Å². The first-order valence-electron chi connectivity index (χ1n) is 4.75. The predicted octanol–water partition coefficient (Wildman–Crippen LogP) is 2.46. The third-order valence-corrected chi connectivity index (χ3v) is 2.36. The minimum absolute atomic E-state index is 0.330. The second-order valence-electron chi connectivity index (χ2n) is 3.08. The van der Waals surface area contributed by atoms with Crippen LogP contribution in [-0.2, 0) is 4.74 Å². The highest BCUT2D eigenvalue weighted by molar-refractivity contribution is 9.10. The standard InChI is InChI=1S/C10H14BrFN2O/c1-3-15-5-4-14(2)10-9(12)6-8(11)7-13-10/h6-7H,3-5H2,1-2H3. The zero-order valence-corrected chi connectivity index (χ0v) is 10.4. The Labute approximate surface area is 97.4 Å². The summed E-state index contributed by atoms with van der Waals surface area (Å²) >= 11 is 3.16. The van der Waals surface area contributed by atoms with Gasteiger partial charge in [0.1, 0.15) is 0 Å². The average molecular weight is 277 g/mol. The summed E-state index contributed by atoms with van der Waals surface area (Å²) < 4.78 is 19.3. The second kappa shape index (κ2) is 6.02. The van der Waals surface area contributed by atoms with Crippen molar-refractivity contribution in [1.82, 2.24) is 4.98 Å². The summed E-state index contributed by atoms with van der Waals surface area (Å²) in [6, 6.07) is 1.40. The van der Waals surface area contributed by atoms with Gasteiger partial charge in [-0.25, -0.2) is 9.37 Å². The molecule has 0 fully saturated rings. The van der Waals surface area contributed by atoms with Crippen LogP contribution in [0, 0.1) is 5.82 Å². The summed E-state index contributed by atoms with van der Waals surface area (Å²) in [6.07, 6.45) is 1.58. The van der Waals surface area contributed by atoms with Gasteiger partial charge >= 0.3 is 0 Å². The number of halogens is 2. The van der Waals surface area contributed by atoms with Gasteiger partial charge in [-0.15, -0.1) is 0 Å². The number of aromatic nitrogens is 1. The first-order valence-corrected chi connectivity index (χ1v) is 5.54. The van der Waals surface area contributed by atoms with Crippen molar-refractivity contribution in [3.63, 3.8) is 0 Å². The van der Waals surface area contributed by atoms with Crippen molar-refractivity contribution in [2.75, 3.05) is 31.7 Å². The van der Waals surface area contributed by atoms with E-state index >= 15 is 0 Å². The Bertz CT molecular complexity index is 322. The van der Waals surface area contributed by atoms with Crippen LogP contribution in [-0.4, -0.2) is 31.8 Å². The minimum Gasteiger partial charge on any atom is -0.380 e. The lowest BCUT2D eigenvalue weighted by molar-refractivity contribution is 0.154. The fraction of sp³-hybridized carbons (Fsp3) is 0.500. The predicted molar refractivity (Wildman–Crippen MR) is 61.7 cm³/mol. The Morgan fingerprint density at radius 3 is 2.93 bits per heavy atom. The smallest absolute Gasteiger partial charge is 0.166 e. The summed E-state index contributed by atoms with van der Waals surface area (Å²) in [5.41, 5.74) is 0. The van der Waals surface area contributed by atoms with Crippen LogP contribution in [0.4, 0.5) is 10.2 Å². The molecule has 1 rings (SSSR count). The van der Waals surface area contributed by atoms with E-state index in [4.69, 9.17) is 4.74 Å². The highest BCUT2D eigenvalue weighted by atomic mass is 79.9. The lowest BCUT2D eigenvalue weighted by Gasteiger charge is -2.18. The quantitative estimate of drug-likeness (QED) is 0.773. The summed E-state index contributed by atoms with van der Waals surface area (Å²) in [4.78, 5) is 5.74. The normalized spacial score (nSPS) is 10.4. The van der Waals surface area contributed by atoms with Crippen molar-refractivity contribution in [2.24, 2.45) is 0 Å². The molecule has 0 N–H and O–H groups in total. The highest BCUT2D eigenvalue weighted by Crippen LogP contribution is 2.18. The van der Waals surface area contributed by atoms with E-state index in [-0.39, 0.29) is 5.82 Å². The molecule has 0 bridgehead atoms. The number of rotatable bonds is 5. The van der Waals surface area contributed by atoms with Crippen molar-refractivity contribution >= 4 is 21.7 Å². The molecule has 5 heteroatoms. The SMILES string of the molecule is CCOCCN(C)c1ncc(Br)cc1F. The zero-order valence-electron chi connectivity index (χ0n) is 8.83. The summed E-state index contributed by atoms with van der Waals surface area (Å²) in [5.74, 6) is 0.0151. The minimum atomic E-state index is -0.330. The molecule has 0 saturated carbocycles. The lowest BCUT2D eigenvalue weighted by atomic mass is 10.4. The average Bonchev–Trinajstić information content (AvgIpc) is 2.17. The second-order valence-corrected chi connectivity index (χ2v) is 3.99. The molecule has 1 aromatic rings. The first-order chi connectivity index (χ1) is 7.15. The van der Waals surface area contributed by atoms with Crippen molar-refractivity contribution in [3.05, 3.63) is 22.6 Å². The molecule has 0 atom stereocenters. The van der Waals surface area contributed by atoms with E-state index in [9.17, 15) is 4.39 Å². The molecule has 84 valence electrons. The van der Waals surface area contributed by atoms with Gasteiger partial charge in [-0.2, -0.15) is 0 Å². The van der Waals surface area contributed by atoms with E-state index in [0.29, 0.717) is 30.0 Å². The number of pyridine rings is 1. The number of hydrogen-bond donors (Lipinski definition) is 0. The molecule has 0 saturated heterocycles. The van der Waals surface area contributed by atoms with Crippen LogP contribution in [0.25, 0.3) is 0 Å². The molecule has 0 aliphatic carbocycles. The Morgan fingerprint density at radius 2 is 2.33 bits per heavy atom. The van der Waals surface area contributed by atoms with Gasteiger partial charge in [-0.3, -0.25) is 0 Å². The number of anilines is 1. The molecule has 0 amide bonds. The van der Waals surface area contributed by atoms with Crippen LogP contribution in [0.5, 0.6) is 0 Å². The molecule has 15 heavy (non-hydrogen) atoms. The first kappa shape index (κ1) is 12.4. The maximum Gasteiger partial charge on any atom is 0.166 e. The summed E-state index contributed by atoms with van der Waals surface area (Å²) in [5, 5.41) is 0. The Hall–Kier alpha value is -0.680. The van der Waals surface area contributed by atoms with E-state index < -0.39 is 0 Å². The van der Waals surface area contributed by atoms with Crippen molar-refractivity contribution in [2.45, 2.75) is 6.92 Å². The Kier molecular flexibility index (Phi) is 4.98. The van der Waals surface area contributed by atoms with E-state index in [1.165, 1.54) is 6.07 Å². The number of nitrogens with zero attached hydrogens (tertiary/aromatic N) is 2. The molecular formula is C10H14BrFN2O. The maximum absolute atomic E-state index is 13.4. The van der Waals surface area contributed by atoms with Crippen molar-refractivity contribution < 1.29 is 9.13 Å². The summed E-state index contributed by atoms with van der Waals surface area (Å²) in [6.45, 7) is 3.80. The Morgan fingerprint density at radius 1 is 1.60 bits per heavy atom. The van der Waals surface area contributed by atoms with Crippen LogP contribution in [0.2, 0.25) is 0 Å². The monoisotopic (exact) mass is 276 g/mol. The number of hydrogen-bond acceptors (Lipinski definition) is 3. The Balaban J connectivity index is 2.61. The number of likely N-dealkylation sites (N-methyl/N-ethyl adjacent to an activating group) is 1. The molecule has 3 nitrogen and oxygen atoms in total. The van der Waals surface area contributed by atoms with E-state index in [1.54, 1.807) is 18.1 Å². The van der Waals surface area contributed by atoms with Crippen LogP contribution >= 0.6 is 15.9 Å². The number of ether oxygens (including phenoxy) is 1. The molecule has 0 aliphatic heterocycles. The van der Waals surface area contributed by atoms with Gasteiger partial charge < -0.3 is 9.64 Å². The topological polar surface area (TPSA) is 25.4 Å². The molecule has 1 aromatic heterocycles. The van der Waals surface area contributed by atoms with Gasteiger partial charge in [0, 0.05) is 30.9 Å². The molecule has 0 unspecified atom stereocenters. The molecule has 0 aliphatic rings. The third kappa shape index (κ3) is 3.76. The van der Waals surface area contributed by atoms with Gasteiger partial charge in [0.05, 0.1) is 6.61 Å². The van der Waals surface area contributed by atoms with Crippen molar-refractivity contribution in [1.29, 1.82) is 0 Å². The van der Waals surface area contributed by atoms with Crippen LogP contribution in [0.3, 0.4) is 0 Å². The molecule has 0 aromatic carbocycles.